The van der Waals surface area contributed by atoms with E-state index in [-0.39, 0.29) is 0 Å². The molecule has 0 saturated carbocycles. The van der Waals surface area contributed by atoms with E-state index in [2.05, 4.69) is 4.98 Å². The Labute approximate surface area is 93.7 Å². The van der Waals surface area contributed by atoms with Crippen molar-refractivity contribution in [3.05, 3.63) is 41.8 Å². The molecule has 16 heavy (non-hydrogen) atoms. The van der Waals surface area contributed by atoms with E-state index in [1.54, 1.807) is 6.08 Å². The molecule has 0 fully saturated rings. The van der Waals surface area contributed by atoms with Crippen LogP contribution in [0.25, 0.3) is 17.0 Å². The van der Waals surface area contributed by atoms with Gasteiger partial charge in [-0.2, -0.15) is 0 Å². The minimum Gasteiger partial charge on any atom is -0.490 e. The molecule has 3 heteroatoms. The highest BCUT2D eigenvalue weighted by Gasteiger charge is 2.02. The van der Waals surface area contributed by atoms with Crippen molar-refractivity contribution < 1.29 is 9.53 Å². The van der Waals surface area contributed by atoms with Gasteiger partial charge in [0.1, 0.15) is 0 Å². The number of fused-ring (bicyclic) bond motifs is 1. The van der Waals surface area contributed by atoms with Gasteiger partial charge in [0.15, 0.2) is 12.0 Å². The van der Waals surface area contributed by atoms with Crippen molar-refractivity contribution in [3.63, 3.8) is 0 Å². The molecule has 0 atom stereocenters. The molecule has 0 aliphatic heterocycles. The number of carbonyl (C=O) groups is 1. The van der Waals surface area contributed by atoms with E-state index in [4.69, 9.17) is 4.74 Å². The summed E-state index contributed by atoms with van der Waals surface area (Å²) in [6.07, 6.45) is 4.34. The molecule has 82 valence electrons. The number of rotatable bonds is 4. The SMILES string of the molecule is CCO/C(C=O)=C\c1c[nH]c2ccccc12. The third-order valence-electron chi connectivity index (χ3n) is 2.35. The first-order valence-corrected chi connectivity index (χ1v) is 5.21. The number of allylic oxidation sites excluding steroid dienone is 1. The molecule has 0 bridgehead atoms. The molecule has 2 aromatic rings. The molecule has 0 unspecified atom stereocenters. The average molecular weight is 215 g/mol. The number of aldehydes is 1. The van der Waals surface area contributed by atoms with E-state index in [0.29, 0.717) is 12.4 Å². The van der Waals surface area contributed by atoms with Gasteiger partial charge < -0.3 is 9.72 Å². The van der Waals surface area contributed by atoms with Crippen LogP contribution in [0.3, 0.4) is 0 Å². The highest BCUT2D eigenvalue weighted by atomic mass is 16.5. The molecule has 0 spiro atoms. The number of H-pyrrole nitrogens is 1. The molecule has 0 amide bonds. The Hall–Kier alpha value is -2.03. The zero-order valence-electron chi connectivity index (χ0n) is 9.07. The van der Waals surface area contributed by atoms with Crippen LogP contribution in [0.5, 0.6) is 0 Å². The summed E-state index contributed by atoms with van der Waals surface area (Å²) in [6.45, 7) is 2.35. The molecule has 0 radical (unpaired) electrons. The summed E-state index contributed by atoms with van der Waals surface area (Å²) in [5.41, 5.74) is 2.02. The summed E-state index contributed by atoms with van der Waals surface area (Å²) in [5.74, 6) is 0.354. The van der Waals surface area contributed by atoms with Gasteiger partial charge in [0.25, 0.3) is 0 Å². The molecule has 3 nitrogen and oxygen atoms in total. The van der Waals surface area contributed by atoms with Crippen LogP contribution in [0.2, 0.25) is 0 Å². The standard InChI is InChI=1S/C13H13NO2/c1-2-16-11(9-15)7-10-8-14-13-6-4-3-5-12(10)13/h3-9,14H,2H2,1H3/b11-7-. The number of hydrogen-bond acceptors (Lipinski definition) is 2. The zero-order valence-corrected chi connectivity index (χ0v) is 9.07. The van der Waals surface area contributed by atoms with Crippen LogP contribution in [0, 0.1) is 0 Å². The van der Waals surface area contributed by atoms with Gasteiger partial charge in [0, 0.05) is 22.7 Å². The summed E-state index contributed by atoms with van der Waals surface area (Å²) in [7, 11) is 0. The van der Waals surface area contributed by atoms with Gasteiger partial charge in [-0.25, -0.2) is 0 Å². The molecule has 0 aliphatic carbocycles. The van der Waals surface area contributed by atoms with E-state index in [1.165, 1.54) is 0 Å². The summed E-state index contributed by atoms with van der Waals surface area (Å²) in [6, 6.07) is 7.93. The van der Waals surface area contributed by atoms with Crippen LogP contribution >= 0.6 is 0 Å². The predicted molar refractivity (Wildman–Crippen MR) is 64.0 cm³/mol. The van der Waals surface area contributed by atoms with Crippen LogP contribution in [0.1, 0.15) is 12.5 Å². The van der Waals surface area contributed by atoms with Crippen molar-refractivity contribution in [2.75, 3.05) is 6.61 Å². The lowest BCUT2D eigenvalue weighted by molar-refractivity contribution is -0.107. The Morgan fingerprint density at radius 1 is 1.44 bits per heavy atom. The lowest BCUT2D eigenvalue weighted by Crippen LogP contribution is -1.91. The molecular formula is C13H13NO2. The van der Waals surface area contributed by atoms with E-state index in [0.717, 1.165) is 22.8 Å². The van der Waals surface area contributed by atoms with Crippen molar-refractivity contribution in [3.8, 4) is 0 Å². The van der Waals surface area contributed by atoms with Crippen LogP contribution in [0.4, 0.5) is 0 Å². The lowest BCUT2D eigenvalue weighted by Gasteiger charge is -2.00. The first-order chi connectivity index (χ1) is 7.85. The van der Waals surface area contributed by atoms with Crippen molar-refractivity contribution in [2.24, 2.45) is 0 Å². The minimum absolute atomic E-state index is 0.354. The monoisotopic (exact) mass is 215 g/mol. The van der Waals surface area contributed by atoms with Gasteiger partial charge in [-0.1, -0.05) is 18.2 Å². The van der Waals surface area contributed by atoms with E-state index >= 15 is 0 Å². The van der Waals surface area contributed by atoms with Crippen LogP contribution in [0.15, 0.2) is 36.2 Å². The highest BCUT2D eigenvalue weighted by molar-refractivity contribution is 5.92. The fourth-order valence-electron chi connectivity index (χ4n) is 1.64. The fraction of sp³-hybridized carbons (Fsp3) is 0.154. The maximum Gasteiger partial charge on any atom is 0.184 e. The average Bonchev–Trinajstić information content (AvgIpc) is 2.72. The second-order valence-corrected chi connectivity index (χ2v) is 3.39. The summed E-state index contributed by atoms with van der Waals surface area (Å²) < 4.78 is 5.19. The summed E-state index contributed by atoms with van der Waals surface area (Å²) >= 11 is 0. The van der Waals surface area contributed by atoms with E-state index < -0.39 is 0 Å². The Bertz CT molecular complexity index is 525. The fourth-order valence-corrected chi connectivity index (χ4v) is 1.64. The number of para-hydroxylation sites is 1. The van der Waals surface area contributed by atoms with Crippen LogP contribution < -0.4 is 0 Å². The van der Waals surface area contributed by atoms with Crippen molar-refractivity contribution >= 4 is 23.3 Å². The minimum atomic E-state index is 0.354. The van der Waals surface area contributed by atoms with E-state index in [1.807, 2.05) is 37.4 Å². The van der Waals surface area contributed by atoms with Gasteiger partial charge in [-0.05, 0) is 19.1 Å². The number of ether oxygens (including phenoxy) is 1. The molecule has 2 rings (SSSR count). The first-order valence-electron chi connectivity index (χ1n) is 5.21. The van der Waals surface area contributed by atoms with E-state index in [9.17, 15) is 4.79 Å². The van der Waals surface area contributed by atoms with Gasteiger partial charge in [-0.15, -0.1) is 0 Å². The Kier molecular flexibility index (Phi) is 3.05. The van der Waals surface area contributed by atoms with Crippen LogP contribution in [-0.2, 0) is 9.53 Å². The summed E-state index contributed by atoms with van der Waals surface area (Å²) in [4.78, 5) is 13.9. The Morgan fingerprint density at radius 3 is 3.00 bits per heavy atom. The molecule has 1 N–H and O–H groups in total. The lowest BCUT2D eigenvalue weighted by atomic mass is 10.1. The van der Waals surface area contributed by atoms with Crippen molar-refractivity contribution in [2.45, 2.75) is 6.92 Å². The van der Waals surface area contributed by atoms with Gasteiger partial charge in [0.2, 0.25) is 0 Å². The van der Waals surface area contributed by atoms with Crippen molar-refractivity contribution in [1.29, 1.82) is 0 Å². The third kappa shape index (κ3) is 1.98. The Balaban J connectivity index is 2.43. The molecule has 0 aliphatic rings. The topological polar surface area (TPSA) is 42.1 Å². The van der Waals surface area contributed by atoms with Gasteiger partial charge in [-0.3, -0.25) is 4.79 Å². The Morgan fingerprint density at radius 2 is 2.25 bits per heavy atom. The van der Waals surface area contributed by atoms with Crippen LogP contribution in [-0.4, -0.2) is 17.9 Å². The number of aromatic amines is 1. The summed E-state index contributed by atoms with van der Waals surface area (Å²) in [5, 5.41) is 1.08. The predicted octanol–water partition coefficient (Wildman–Crippen LogP) is 2.74. The van der Waals surface area contributed by atoms with Crippen molar-refractivity contribution in [1.82, 2.24) is 4.98 Å². The molecule has 0 saturated heterocycles. The molecule has 1 aromatic carbocycles. The largest absolute Gasteiger partial charge is 0.490 e. The van der Waals surface area contributed by atoms with Gasteiger partial charge in [0.05, 0.1) is 6.61 Å². The molecule has 1 heterocycles. The number of aromatic nitrogens is 1. The second-order valence-electron chi connectivity index (χ2n) is 3.39. The quantitative estimate of drug-likeness (QED) is 0.484. The normalized spacial score (nSPS) is 11.7. The second kappa shape index (κ2) is 4.66. The third-order valence-corrected chi connectivity index (χ3v) is 2.35. The maximum atomic E-state index is 10.8. The number of carbonyl (C=O) groups excluding carboxylic acids is 1. The maximum absolute atomic E-state index is 10.8. The molecule has 1 aromatic heterocycles. The van der Waals surface area contributed by atoms with Gasteiger partial charge >= 0.3 is 0 Å². The zero-order chi connectivity index (χ0) is 11.4. The smallest absolute Gasteiger partial charge is 0.184 e. The highest BCUT2D eigenvalue weighted by Crippen LogP contribution is 2.20. The molecular weight excluding hydrogens is 202 g/mol. The number of nitrogens with one attached hydrogen (secondary N) is 1. The number of benzene rings is 1. The number of hydrogen-bond donors (Lipinski definition) is 1. The first kappa shape index (κ1) is 10.5.